The van der Waals surface area contributed by atoms with E-state index in [1.807, 2.05) is 13.1 Å². The summed E-state index contributed by atoms with van der Waals surface area (Å²) in [4.78, 5) is 16.2. The average molecular weight is 285 g/mol. The maximum absolute atomic E-state index is 11.0. The van der Waals surface area contributed by atoms with Crippen molar-refractivity contribution in [2.75, 3.05) is 11.9 Å². The number of amides is 1. The van der Waals surface area contributed by atoms with Crippen molar-refractivity contribution in [3.05, 3.63) is 16.8 Å². The van der Waals surface area contributed by atoms with Crippen LogP contribution in [0.3, 0.4) is 0 Å². The van der Waals surface area contributed by atoms with Crippen LogP contribution in [-0.4, -0.2) is 27.6 Å². The molecule has 2 rings (SSSR count). The van der Waals surface area contributed by atoms with Crippen molar-refractivity contribution < 1.29 is 4.79 Å². The minimum atomic E-state index is -0.139. The molecular formula is C11H13ClN4OS. The van der Waals surface area contributed by atoms with Crippen LogP contribution in [0.2, 0.25) is 0 Å². The summed E-state index contributed by atoms with van der Waals surface area (Å²) in [5.41, 5.74) is 2.37. The molecule has 96 valence electrons. The Labute approximate surface area is 114 Å². The minimum Gasteiger partial charge on any atom is -0.307 e. The first kappa shape index (κ1) is 13.0. The highest BCUT2D eigenvalue weighted by atomic mass is 35.5. The third-order valence-corrected chi connectivity index (χ3v) is 3.78. The van der Waals surface area contributed by atoms with Crippen molar-refractivity contribution >= 4 is 45.4 Å². The van der Waals surface area contributed by atoms with Crippen LogP contribution in [0.25, 0.3) is 5.57 Å². The summed E-state index contributed by atoms with van der Waals surface area (Å²) >= 11 is 7.34. The van der Waals surface area contributed by atoms with Gasteiger partial charge in [0.15, 0.2) is 5.13 Å². The van der Waals surface area contributed by atoms with Crippen molar-refractivity contribution in [1.82, 2.24) is 9.40 Å². The van der Waals surface area contributed by atoms with Crippen LogP contribution in [-0.2, 0) is 4.79 Å². The molecule has 5 nitrogen and oxygen atoms in total. The number of carbonyl (C=O) groups is 1. The zero-order valence-electron chi connectivity index (χ0n) is 10.1. The Morgan fingerprint density at radius 2 is 2.39 bits per heavy atom. The van der Waals surface area contributed by atoms with E-state index >= 15 is 0 Å². The second-order valence-corrected chi connectivity index (χ2v) is 5.54. The molecule has 0 atom stereocenters. The van der Waals surface area contributed by atoms with E-state index in [0.29, 0.717) is 23.8 Å². The molecule has 1 aliphatic heterocycles. The van der Waals surface area contributed by atoms with Gasteiger partial charge >= 0.3 is 0 Å². The lowest BCUT2D eigenvalue weighted by molar-refractivity contribution is -0.114. The molecule has 0 bridgehead atoms. The summed E-state index contributed by atoms with van der Waals surface area (Å²) in [6, 6.07) is 0. The van der Waals surface area contributed by atoms with E-state index in [0.717, 1.165) is 16.1 Å². The predicted octanol–water partition coefficient (Wildman–Crippen LogP) is 2.63. The number of rotatable bonds is 2. The first-order chi connectivity index (χ1) is 8.45. The van der Waals surface area contributed by atoms with Gasteiger partial charge in [0.2, 0.25) is 5.91 Å². The van der Waals surface area contributed by atoms with Gasteiger partial charge in [-0.3, -0.25) is 9.21 Å². The molecular weight excluding hydrogens is 272 g/mol. The number of aromatic nitrogens is 1. The lowest BCUT2D eigenvalue weighted by Crippen LogP contribution is -2.21. The van der Waals surface area contributed by atoms with Gasteiger partial charge < -0.3 is 10.7 Å². The number of hydrogen-bond acceptors (Lipinski definition) is 5. The smallest absolute Gasteiger partial charge is 0.223 e. The molecule has 1 aromatic heterocycles. The van der Waals surface area contributed by atoms with Crippen LogP contribution in [0.4, 0.5) is 5.13 Å². The first-order valence-corrected chi connectivity index (χ1v) is 6.56. The minimum absolute atomic E-state index is 0.139. The lowest BCUT2D eigenvalue weighted by Gasteiger charge is -2.20. The average Bonchev–Trinajstić information content (AvgIpc) is 2.56. The zero-order chi connectivity index (χ0) is 13.3. The fraction of sp³-hybridized carbons (Fsp3) is 0.364. The molecule has 7 heteroatoms. The fourth-order valence-corrected chi connectivity index (χ4v) is 3.05. The maximum atomic E-state index is 11.0. The summed E-state index contributed by atoms with van der Waals surface area (Å²) in [6.07, 6.45) is 2.39. The highest BCUT2D eigenvalue weighted by Gasteiger charge is 2.19. The second kappa shape index (κ2) is 5.07. The number of aryl methyl sites for hydroxylation is 1. The molecule has 0 radical (unpaired) electrons. The third kappa shape index (κ3) is 2.88. The Balaban J connectivity index is 2.30. The van der Waals surface area contributed by atoms with Gasteiger partial charge in [-0.1, -0.05) is 11.3 Å². The van der Waals surface area contributed by atoms with Crippen molar-refractivity contribution in [2.45, 2.75) is 20.3 Å². The molecule has 0 aromatic carbocycles. The van der Waals surface area contributed by atoms with Gasteiger partial charge in [-0.25, -0.2) is 4.98 Å². The second-order valence-electron chi connectivity index (χ2n) is 4.11. The number of carbonyl (C=O) groups excluding carboxylic acids is 1. The Morgan fingerprint density at radius 1 is 1.67 bits per heavy atom. The van der Waals surface area contributed by atoms with Crippen LogP contribution in [0, 0.1) is 12.3 Å². The van der Waals surface area contributed by atoms with E-state index in [4.69, 9.17) is 17.2 Å². The summed E-state index contributed by atoms with van der Waals surface area (Å²) < 4.78 is 1.47. The highest BCUT2D eigenvalue weighted by Crippen LogP contribution is 2.33. The zero-order valence-corrected chi connectivity index (χ0v) is 11.7. The van der Waals surface area contributed by atoms with E-state index in [1.165, 1.54) is 22.7 Å². The number of nitrogens with zero attached hydrogens (tertiary/aromatic N) is 2. The van der Waals surface area contributed by atoms with Gasteiger partial charge in [-0.15, -0.1) is 0 Å². The van der Waals surface area contributed by atoms with Gasteiger partial charge in [0, 0.05) is 37.0 Å². The number of thiazole rings is 1. The molecule has 2 heterocycles. The van der Waals surface area contributed by atoms with Crippen LogP contribution in [0.5, 0.6) is 0 Å². The summed E-state index contributed by atoms with van der Waals surface area (Å²) in [6.45, 7) is 3.78. The summed E-state index contributed by atoms with van der Waals surface area (Å²) in [5.74, 6) is -0.139. The molecule has 1 aromatic rings. The fourth-order valence-electron chi connectivity index (χ4n) is 1.77. The summed E-state index contributed by atoms with van der Waals surface area (Å²) in [5, 5.41) is 11.0. The largest absolute Gasteiger partial charge is 0.307 e. The van der Waals surface area contributed by atoms with Crippen LogP contribution in [0.15, 0.2) is 6.20 Å². The molecule has 1 amide bonds. The van der Waals surface area contributed by atoms with Crippen LogP contribution < -0.4 is 5.32 Å². The molecule has 0 aliphatic carbocycles. The van der Waals surface area contributed by atoms with Gasteiger partial charge in [0.25, 0.3) is 0 Å². The predicted molar refractivity (Wildman–Crippen MR) is 74.0 cm³/mol. The Morgan fingerprint density at radius 3 is 3.00 bits per heavy atom. The maximum Gasteiger partial charge on any atom is 0.223 e. The normalized spacial score (nSPS) is 15.6. The number of nitrogens with one attached hydrogen (secondary N) is 2. The SMILES string of the molecule is CC(=O)Nc1nc(C)c(C2=CN(Cl)CC(=N)C2)s1. The number of allylic oxidation sites excluding steroid dienone is 1. The summed E-state index contributed by atoms with van der Waals surface area (Å²) in [7, 11) is 0. The van der Waals surface area contributed by atoms with Crippen LogP contribution >= 0.6 is 23.1 Å². The quantitative estimate of drug-likeness (QED) is 0.820. The molecule has 0 saturated carbocycles. The first-order valence-electron chi connectivity index (χ1n) is 5.40. The van der Waals surface area contributed by atoms with Gasteiger partial charge in [0.05, 0.1) is 17.1 Å². The topological polar surface area (TPSA) is 69.1 Å². The highest BCUT2D eigenvalue weighted by molar-refractivity contribution is 7.17. The van der Waals surface area contributed by atoms with Gasteiger partial charge in [-0.2, -0.15) is 0 Å². The monoisotopic (exact) mass is 284 g/mol. The van der Waals surface area contributed by atoms with Crippen molar-refractivity contribution in [2.24, 2.45) is 0 Å². The molecule has 1 aliphatic rings. The number of hydrogen-bond donors (Lipinski definition) is 2. The van der Waals surface area contributed by atoms with Crippen molar-refractivity contribution in [1.29, 1.82) is 5.41 Å². The van der Waals surface area contributed by atoms with E-state index in [9.17, 15) is 4.79 Å². The molecule has 0 fully saturated rings. The Bertz CT molecular complexity index is 537. The van der Waals surface area contributed by atoms with Gasteiger partial charge in [0.1, 0.15) is 0 Å². The van der Waals surface area contributed by atoms with Crippen molar-refractivity contribution in [3.8, 4) is 0 Å². The van der Waals surface area contributed by atoms with Crippen LogP contribution in [0.1, 0.15) is 23.9 Å². The molecule has 0 saturated heterocycles. The van der Waals surface area contributed by atoms with E-state index in [1.54, 1.807) is 0 Å². The van der Waals surface area contributed by atoms with E-state index < -0.39 is 0 Å². The van der Waals surface area contributed by atoms with Gasteiger partial charge in [-0.05, 0) is 12.5 Å². The van der Waals surface area contributed by atoms with E-state index in [-0.39, 0.29) is 5.91 Å². The Hall–Kier alpha value is -1.40. The molecule has 2 N–H and O–H groups in total. The molecule has 0 unspecified atom stereocenters. The standard InChI is InChI=1S/C11H13ClN4OS/c1-6-10(18-11(14-6)15-7(2)17)8-3-9(13)5-16(12)4-8/h4,13H,3,5H2,1-2H3,(H,14,15,17). The number of halogens is 1. The molecule has 0 spiro atoms. The van der Waals surface area contributed by atoms with Crippen molar-refractivity contribution in [3.63, 3.8) is 0 Å². The Kier molecular flexibility index (Phi) is 3.68. The third-order valence-electron chi connectivity index (χ3n) is 2.41. The van der Waals surface area contributed by atoms with E-state index in [2.05, 4.69) is 10.3 Å². The molecule has 18 heavy (non-hydrogen) atoms. The lowest BCUT2D eigenvalue weighted by atomic mass is 10.0. The number of anilines is 1.